The summed E-state index contributed by atoms with van der Waals surface area (Å²) in [5.41, 5.74) is 2.42. The third-order valence-corrected chi connectivity index (χ3v) is 7.27. The van der Waals surface area contributed by atoms with Crippen molar-refractivity contribution in [2.24, 2.45) is 0 Å². The number of sulfonamides is 1. The van der Waals surface area contributed by atoms with Crippen molar-refractivity contribution in [2.75, 3.05) is 26.2 Å². The number of hydrogen-bond donors (Lipinski definition) is 0. The number of benzene rings is 2. The topological polar surface area (TPSA) is 84.0 Å². The highest BCUT2D eigenvalue weighted by atomic mass is 32.2. The molecule has 0 fully saturated rings. The molecule has 160 valence electrons. The van der Waals surface area contributed by atoms with Crippen molar-refractivity contribution in [1.82, 2.24) is 9.21 Å². The molecular weight excluding hydrogens is 404 g/mol. The molecule has 3 rings (SSSR count). The zero-order valence-corrected chi connectivity index (χ0v) is 18.0. The minimum atomic E-state index is -3.68. The first-order valence-corrected chi connectivity index (χ1v) is 11.4. The number of ether oxygens (including phenoxy) is 1. The summed E-state index contributed by atoms with van der Waals surface area (Å²) >= 11 is 0. The Bertz CT molecular complexity index is 1030. The van der Waals surface area contributed by atoms with E-state index in [4.69, 9.17) is 4.74 Å². The number of rotatable bonds is 7. The lowest BCUT2D eigenvalue weighted by molar-refractivity contribution is -0.135. The average Bonchev–Trinajstić information content (AvgIpc) is 2.77. The number of hydrogen-bond acceptors (Lipinski definition) is 5. The summed E-state index contributed by atoms with van der Waals surface area (Å²) in [6.07, 6.45) is 0.765. The standard InChI is InChI=1S/C22H26N2O5S/c1-3-24(4-2)30(27,28)20-11-7-10-18(14-20)22(26)29-16-21(25)23-13-12-17-8-5-6-9-19(17)15-23/h5-11,14H,3-4,12-13,15-16H2,1-2H3. The van der Waals surface area contributed by atoms with E-state index in [1.165, 1.54) is 34.1 Å². The molecule has 0 saturated carbocycles. The van der Waals surface area contributed by atoms with E-state index < -0.39 is 16.0 Å². The molecule has 8 heteroatoms. The van der Waals surface area contributed by atoms with E-state index in [1.54, 1.807) is 18.7 Å². The third-order valence-electron chi connectivity index (χ3n) is 5.22. The monoisotopic (exact) mass is 430 g/mol. The second-order valence-electron chi connectivity index (χ2n) is 7.03. The number of fused-ring (bicyclic) bond motifs is 1. The van der Waals surface area contributed by atoms with Gasteiger partial charge in [-0.1, -0.05) is 44.2 Å². The molecule has 2 aromatic rings. The molecule has 7 nitrogen and oxygen atoms in total. The highest BCUT2D eigenvalue weighted by Crippen LogP contribution is 2.19. The fourth-order valence-corrected chi connectivity index (χ4v) is 5.01. The lowest BCUT2D eigenvalue weighted by atomic mass is 10.00. The van der Waals surface area contributed by atoms with E-state index in [2.05, 4.69) is 6.07 Å². The molecule has 0 saturated heterocycles. The molecule has 0 bridgehead atoms. The van der Waals surface area contributed by atoms with Crippen LogP contribution in [0.3, 0.4) is 0 Å². The maximum absolute atomic E-state index is 12.7. The molecule has 0 N–H and O–H groups in total. The van der Waals surface area contributed by atoms with Gasteiger partial charge in [-0.3, -0.25) is 4.79 Å². The zero-order chi connectivity index (χ0) is 21.7. The second kappa shape index (κ2) is 9.40. The predicted molar refractivity (Wildman–Crippen MR) is 112 cm³/mol. The quantitative estimate of drug-likeness (QED) is 0.630. The van der Waals surface area contributed by atoms with Crippen LogP contribution in [0.15, 0.2) is 53.4 Å². The van der Waals surface area contributed by atoms with E-state index in [1.807, 2.05) is 18.2 Å². The first-order valence-electron chi connectivity index (χ1n) is 9.98. The van der Waals surface area contributed by atoms with Crippen LogP contribution in [-0.2, 0) is 32.5 Å². The van der Waals surface area contributed by atoms with Gasteiger partial charge in [-0.25, -0.2) is 13.2 Å². The van der Waals surface area contributed by atoms with E-state index in [0.717, 1.165) is 12.0 Å². The van der Waals surface area contributed by atoms with Gasteiger partial charge in [0.15, 0.2) is 6.61 Å². The van der Waals surface area contributed by atoms with Gasteiger partial charge in [0.25, 0.3) is 5.91 Å². The summed E-state index contributed by atoms with van der Waals surface area (Å²) in [6.45, 7) is 4.86. The molecule has 30 heavy (non-hydrogen) atoms. The van der Waals surface area contributed by atoms with Gasteiger partial charge in [-0.2, -0.15) is 4.31 Å². The van der Waals surface area contributed by atoms with Gasteiger partial charge >= 0.3 is 5.97 Å². The minimum Gasteiger partial charge on any atom is -0.452 e. The summed E-state index contributed by atoms with van der Waals surface area (Å²) in [4.78, 5) is 26.6. The largest absolute Gasteiger partial charge is 0.452 e. The Labute approximate surface area is 177 Å². The Morgan fingerprint density at radius 1 is 1.03 bits per heavy atom. The van der Waals surface area contributed by atoms with Crippen LogP contribution in [0.5, 0.6) is 0 Å². The van der Waals surface area contributed by atoms with Crippen LogP contribution < -0.4 is 0 Å². The van der Waals surface area contributed by atoms with Crippen LogP contribution in [0.2, 0.25) is 0 Å². The molecule has 0 radical (unpaired) electrons. The molecule has 0 aliphatic carbocycles. The first kappa shape index (κ1) is 22.0. The molecule has 0 unspecified atom stereocenters. The summed E-state index contributed by atoms with van der Waals surface area (Å²) in [7, 11) is -3.68. The van der Waals surface area contributed by atoms with Crippen molar-refractivity contribution in [3.63, 3.8) is 0 Å². The maximum Gasteiger partial charge on any atom is 0.338 e. The number of esters is 1. The fourth-order valence-electron chi connectivity index (χ4n) is 3.51. The van der Waals surface area contributed by atoms with E-state index in [9.17, 15) is 18.0 Å². The van der Waals surface area contributed by atoms with E-state index in [0.29, 0.717) is 26.2 Å². The predicted octanol–water partition coefficient (Wildman–Crippen LogP) is 2.46. The average molecular weight is 431 g/mol. The number of amides is 1. The van der Waals surface area contributed by atoms with Gasteiger partial charge in [-0.15, -0.1) is 0 Å². The highest BCUT2D eigenvalue weighted by Gasteiger charge is 2.24. The van der Waals surface area contributed by atoms with Crippen molar-refractivity contribution in [3.8, 4) is 0 Å². The summed E-state index contributed by atoms with van der Waals surface area (Å²) in [6, 6.07) is 13.7. The number of nitrogens with zero attached hydrogens (tertiary/aromatic N) is 2. The van der Waals surface area contributed by atoms with Crippen LogP contribution in [0.1, 0.15) is 35.3 Å². The van der Waals surface area contributed by atoms with Crippen LogP contribution in [0, 0.1) is 0 Å². The molecule has 1 heterocycles. The normalized spacial score (nSPS) is 13.8. The molecule has 0 atom stereocenters. The lowest BCUT2D eigenvalue weighted by Gasteiger charge is -2.28. The summed E-state index contributed by atoms with van der Waals surface area (Å²) < 4.78 is 31.8. The van der Waals surface area contributed by atoms with Gasteiger partial charge in [0, 0.05) is 26.2 Å². The van der Waals surface area contributed by atoms with Crippen molar-refractivity contribution in [2.45, 2.75) is 31.7 Å². The molecule has 0 spiro atoms. The Hall–Kier alpha value is -2.71. The number of carbonyl (C=O) groups excluding carboxylic acids is 2. The number of carbonyl (C=O) groups is 2. The zero-order valence-electron chi connectivity index (χ0n) is 17.2. The van der Waals surface area contributed by atoms with Crippen LogP contribution in [-0.4, -0.2) is 55.7 Å². The van der Waals surface area contributed by atoms with Gasteiger partial charge in [0.2, 0.25) is 10.0 Å². The lowest BCUT2D eigenvalue weighted by Crippen LogP contribution is -2.38. The third kappa shape index (κ3) is 4.71. The van der Waals surface area contributed by atoms with Crippen molar-refractivity contribution < 1.29 is 22.7 Å². The van der Waals surface area contributed by atoms with Crippen LogP contribution >= 0.6 is 0 Å². The molecule has 2 aromatic carbocycles. The van der Waals surface area contributed by atoms with Crippen molar-refractivity contribution in [3.05, 3.63) is 65.2 Å². The SMILES string of the molecule is CCN(CC)S(=O)(=O)c1cccc(C(=O)OCC(=O)N2CCc3ccccc3C2)c1. The van der Waals surface area contributed by atoms with Gasteiger partial charge in [-0.05, 0) is 35.7 Å². The van der Waals surface area contributed by atoms with Crippen LogP contribution in [0.25, 0.3) is 0 Å². The van der Waals surface area contributed by atoms with Crippen molar-refractivity contribution in [1.29, 1.82) is 0 Å². The highest BCUT2D eigenvalue weighted by molar-refractivity contribution is 7.89. The van der Waals surface area contributed by atoms with Gasteiger partial charge < -0.3 is 9.64 Å². The summed E-state index contributed by atoms with van der Waals surface area (Å²) in [5, 5.41) is 0. The maximum atomic E-state index is 12.7. The molecule has 1 aliphatic rings. The first-order chi connectivity index (χ1) is 14.4. The smallest absolute Gasteiger partial charge is 0.338 e. The Morgan fingerprint density at radius 2 is 1.73 bits per heavy atom. The van der Waals surface area contributed by atoms with Gasteiger partial charge in [0.1, 0.15) is 0 Å². The molecule has 0 aromatic heterocycles. The Kier molecular flexibility index (Phi) is 6.89. The second-order valence-corrected chi connectivity index (χ2v) is 8.97. The van der Waals surface area contributed by atoms with Gasteiger partial charge in [0.05, 0.1) is 10.5 Å². The Morgan fingerprint density at radius 3 is 2.43 bits per heavy atom. The van der Waals surface area contributed by atoms with E-state index >= 15 is 0 Å². The summed E-state index contributed by atoms with van der Waals surface area (Å²) in [5.74, 6) is -0.998. The molecule has 1 aliphatic heterocycles. The minimum absolute atomic E-state index is 0.0274. The Balaban J connectivity index is 1.64. The fraction of sp³-hybridized carbons (Fsp3) is 0.364. The van der Waals surface area contributed by atoms with E-state index in [-0.39, 0.29) is 23.0 Å². The molecular formula is C22H26N2O5S. The van der Waals surface area contributed by atoms with Crippen molar-refractivity contribution >= 4 is 21.9 Å². The molecule has 1 amide bonds. The van der Waals surface area contributed by atoms with Crippen LogP contribution in [0.4, 0.5) is 0 Å².